The summed E-state index contributed by atoms with van der Waals surface area (Å²) in [6.07, 6.45) is 0.604. The third kappa shape index (κ3) is 128. The molecule has 0 aromatic rings. The van der Waals surface area contributed by atoms with E-state index in [1.165, 1.54) is 0 Å². The molecule has 0 spiro atoms. The normalized spacial score (nSPS) is 8.29. The fraction of sp³-hybridized carbons (Fsp3) is 1.00. The van der Waals surface area contributed by atoms with Gasteiger partial charge in [-0.1, -0.05) is 0 Å². The molecule has 0 aliphatic carbocycles. The first-order chi connectivity index (χ1) is 2.00. The first-order valence-corrected chi connectivity index (χ1v) is 2.72. The fourth-order valence-electron chi connectivity index (χ4n) is 0. The van der Waals surface area contributed by atoms with E-state index in [2.05, 4.69) is 0 Å². The van der Waals surface area contributed by atoms with E-state index < -0.39 is 10.1 Å². The zero-order chi connectivity index (χ0) is 4.50. The third-order valence-electron chi connectivity index (χ3n) is 0. The van der Waals surface area contributed by atoms with Crippen LogP contribution in [0.25, 0.3) is 0 Å². The molecule has 0 aromatic carbocycles. The Hall–Kier alpha value is 1.25. The van der Waals surface area contributed by atoms with Gasteiger partial charge in [-0.05, 0) is 0 Å². The molecule has 0 atom stereocenters. The topological polar surface area (TPSA) is 87.2 Å². The van der Waals surface area contributed by atoms with Crippen molar-refractivity contribution in [1.82, 2.24) is 0 Å². The monoisotopic (exact) mass is 252 g/mol. The minimum atomic E-state index is -3.92. The number of rotatable bonds is 0. The quantitative estimate of drug-likeness (QED) is 0.516. The van der Waals surface area contributed by atoms with Crippen molar-refractivity contribution in [2.24, 2.45) is 0 Å². The van der Waals surface area contributed by atoms with E-state index in [4.69, 9.17) is 13.0 Å². The average molecular weight is 252 g/mol. The van der Waals surface area contributed by atoms with Crippen LogP contribution in [-0.2, 0) is 10.1 Å². The summed E-state index contributed by atoms with van der Waals surface area (Å²) in [6, 6.07) is 0. The molecule has 0 aromatic heterocycles. The largest absolute Gasteiger partial charge is 4.00 e. The van der Waals surface area contributed by atoms with Gasteiger partial charge < -0.3 is 10.0 Å². The van der Waals surface area contributed by atoms with Crippen molar-refractivity contribution >= 4 is 10.1 Å². The van der Waals surface area contributed by atoms with Gasteiger partial charge in [-0.2, -0.15) is 0 Å². The Balaban J connectivity index is -0.0000000800. The van der Waals surface area contributed by atoms with Crippen molar-refractivity contribution in [2.75, 3.05) is 6.26 Å². The van der Waals surface area contributed by atoms with Crippen molar-refractivity contribution in [3.63, 3.8) is 0 Å². The minimum Gasteiger partial charge on any atom is -0.870 e. The molecule has 4 nitrogen and oxygen atoms in total. The SMILES string of the molecule is CS(=O)(=O)[O-].[Ce+4].[OH-]. The van der Waals surface area contributed by atoms with Crippen LogP contribution in [0, 0.1) is 41.7 Å². The average Bonchev–Trinajstić information content (AvgIpc) is 0.722. The van der Waals surface area contributed by atoms with Gasteiger partial charge in [0.05, 0.1) is 10.1 Å². The predicted molar refractivity (Wildman–Crippen MR) is 17.6 cm³/mol. The van der Waals surface area contributed by atoms with Crippen molar-refractivity contribution in [2.45, 2.75) is 0 Å². The van der Waals surface area contributed by atoms with Crippen molar-refractivity contribution in [3.8, 4) is 0 Å². The molecule has 6 heteroatoms. The Kier molecular flexibility index (Phi) is 12.1. The van der Waals surface area contributed by atoms with Gasteiger partial charge >= 0.3 is 41.7 Å². The van der Waals surface area contributed by atoms with E-state index in [1.54, 1.807) is 0 Å². The van der Waals surface area contributed by atoms with Crippen molar-refractivity contribution in [1.29, 1.82) is 0 Å². The Morgan fingerprint density at radius 3 is 1.43 bits per heavy atom. The van der Waals surface area contributed by atoms with E-state index in [9.17, 15) is 0 Å². The Bertz CT molecular complexity index is 94.9. The van der Waals surface area contributed by atoms with Gasteiger partial charge in [0.1, 0.15) is 0 Å². The van der Waals surface area contributed by atoms with Gasteiger partial charge in [-0.15, -0.1) is 0 Å². The first-order valence-electron chi connectivity index (χ1n) is 0.908. The smallest absolute Gasteiger partial charge is 0.870 e. The molecule has 7 heavy (non-hydrogen) atoms. The fourth-order valence-corrected chi connectivity index (χ4v) is 0. The summed E-state index contributed by atoms with van der Waals surface area (Å²) in [6.45, 7) is 0. The standard InChI is InChI=1S/CH4O3S.Ce.H2O/c1-5(2,3)4;;/h1H3,(H,2,3,4);;1H2/q;+4;/p-2. The molecule has 0 amide bonds. The first kappa shape index (κ1) is 15.7. The molecule has 0 fully saturated rings. The van der Waals surface area contributed by atoms with Crippen LogP contribution in [0.4, 0.5) is 0 Å². The van der Waals surface area contributed by atoms with Crippen molar-refractivity contribution < 1.29 is 60.2 Å². The van der Waals surface area contributed by atoms with E-state index in [0.29, 0.717) is 6.26 Å². The van der Waals surface area contributed by atoms with Crippen LogP contribution in [0.2, 0.25) is 0 Å². The molecule has 0 saturated carbocycles. The zero-order valence-electron chi connectivity index (χ0n) is 3.58. The molecule has 0 aliphatic heterocycles. The van der Waals surface area contributed by atoms with Crippen LogP contribution in [0.15, 0.2) is 0 Å². The predicted octanol–water partition coefficient (Wildman–Crippen LogP) is -1.02. The molecule has 0 heterocycles. The van der Waals surface area contributed by atoms with Crippen LogP contribution in [0.5, 0.6) is 0 Å². The van der Waals surface area contributed by atoms with Crippen molar-refractivity contribution in [3.05, 3.63) is 0 Å². The van der Waals surface area contributed by atoms with Crippen LogP contribution < -0.4 is 0 Å². The van der Waals surface area contributed by atoms with Gasteiger partial charge in [0, 0.05) is 6.26 Å². The van der Waals surface area contributed by atoms with Gasteiger partial charge in [-0.25, -0.2) is 8.42 Å². The molecule has 1 N–H and O–H groups in total. The van der Waals surface area contributed by atoms with E-state index >= 15 is 0 Å². The summed E-state index contributed by atoms with van der Waals surface area (Å²) >= 11 is 0. The summed E-state index contributed by atoms with van der Waals surface area (Å²) in [4.78, 5) is 0. The van der Waals surface area contributed by atoms with Gasteiger partial charge in [0.25, 0.3) is 0 Å². The molecule has 0 radical (unpaired) electrons. The van der Waals surface area contributed by atoms with E-state index in [-0.39, 0.29) is 47.2 Å². The van der Waals surface area contributed by atoms with E-state index in [1.807, 2.05) is 0 Å². The maximum Gasteiger partial charge on any atom is 4.00 e. The number of hydrogen-bond donors (Lipinski definition) is 0. The Labute approximate surface area is 75.7 Å². The summed E-state index contributed by atoms with van der Waals surface area (Å²) in [5.41, 5.74) is 0. The van der Waals surface area contributed by atoms with Crippen LogP contribution in [0.1, 0.15) is 0 Å². The summed E-state index contributed by atoms with van der Waals surface area (Å²) in [7, 11) is -3.92. The van der Waals surface area contributed by atoms with Gasteiger partial charge in [0.2, 0.25) is 0 Å². The molecule has 0 bridgehead atoms. The molecular weight excluding hydrogens is 248 g/mol. The van der Waals surface area contributed by atoms with Crippen LogP contribution >= 0.6 is 0 Å². The molecule has 0 aliphatic rings. The molecular formula is CH4CeO4S+2. The minimum absolute atomic E-state index is 0. The van der Waals surface area contributed by atoms with Gasteiger partial charge in [0.15, 0.2) is 0 Å². The second-order valence-electron chi connectivity index (χ2n) is 0.704. The maximum atomic E-state index is 9.08. The summed E-state index contributed by atoms with van der Waals surface area (Å²) in [5, 5.41) is 0. The molecule has 0 saturated heterocycles. The number of hydrogen-bond acceptors (Lipinski definition) is 4. The van der Waals surface area contributed by atoms with Gasteiger partial charge in [-0.3, -0.25) is 0 Å². The second kappa shape index (κ2) is 5.38. The summed E-state index contributed by atoms with van der Waals surface area (Å²) < 4.78 is 27.2. The second-order valence-corrected chi connectivity index (χ2v) is 2.11. The molecule has 0 rings (SSSR count). The third-order valence-corrected chi connectivity index (χ3v) is 0. The maximum absolute atomic E-state index is 9.08. The zero-order valence-corrected chi connectivity index (χ0v) is 7.54. The molecule has 0 unspecified atom stereocenters. The molecule has 40 valence electrons. The van der Waals surface area contributed by atoms with Crippen LogP contribution in [0.3, 0.4) is 0 Å². The van der Waals surface area contributed by atoms with Crippen LogP contribution in [-0.4, -0.2) is 24.7 Å². The van der Waals surface area contributed by atoms with E-state index in [0.717, 1.165) is 0 Å². The Morgan fingerprint density at radius 1 is 1.43 bits per heavy atom. The summed E-state index contributed by atoms with van der Waals surface area (Å²) in [5.74, 6) is 0. The Morgan fingerprint density at radius 2 is 1.43 bits per heavy atom.